The summed E-state index contributed by atoms with van der Waals surface area (Å²) in [5.41, 5.74) is 8.24. The van der Waals surface area contributed by atoms with Gasteiger partial charge in [-0.05, 0) is 31.5 Å². The normalized spacial score (nSPS) is 10.7. The first-order valence-electron chi connectivity index (χ1n) is 5.61. The van der Waals surface area contributed by atoms with Crippen LogP contribution in [0.1, 0.15) is 18.2 Å². The minimum absolute atomic E-state index is 0.325. The molecule has 18 heavy (non-hydrogen) atoms. The Balaban J connectivity index is 2.64. The molecule has 94 valence electrons. The number of halogens is 2. The van der Waals surface area contributed by atoms with Crippen molar-refractivity contribution in [1.82, 2.24) is 9.97 Å². The van der Waals surface area contributed by atoms with E-state index in [1.165, 1.54) is 12.1 Å². The van der Waals surface area contributed by atoms with E-state index in [9.17, 15) is 4.39 Å². The number of aromatic nitrogens is 2. The fourth-order valence-electron chi connectivity index (χ4n) is 1.72. The van der Waals surface area contributed by atoms with Crippen molar-refractivity contribution in [1.29, 1.82) is 0 Å². The van der Waals surface area contributed by atoms with E-state index in [2.05, 4.69) is 25.9 Å². The van der Waals surface area contributed by atoms with Crippen molar-refractivity contribution in [2.45, 2.75) is 20.3 Å². The summed E-state index contributed by atoms with van der Waals surface area (Å²) in [7, 11) is 0. The van der Waals surface area contributed by atoms with Gasteiger partial charge >= 0.3 is 0 Å². The van der Waals surface area contributed by atoms with Crippen LogP contribution in [0.5, 0.6) is 0 Å². The number of nitrogen functional groups attached to an aromatic ring is 1. The third-order valence-corrected chi connectivity index (χ3v) is 3.48. The molecule has 0 amide bonds. The van der Waals surface area contributed by atoms with Crippen molar-refractivity contribution in [3.8, 4) is 11.4 Å². The average molecular weight is 310 g/mol. The zero-order chi connectivity index (χ0) is 13.3. The minimum atomic E-state index is -0.325. The molecule has 0 atom stereocenters. The Hall–Kier alpha value is -1.49. The van der Waals surface area contributed by atoms with Gasteiger partial charge in [-0.3, -0.25) is 0 Å². The summed E-state index contributed by atoms with van der Waals surface area (Å²) < 4.78 is 14.0. The van der Waals surface area contributed by atoms with Crippen molar-refractivity contribution in [2.24, 2.45) is 0 Å². The van der Waals surface area contributed by atoms with Gasteiger partial charge in [-0.2, -0.15) is 0 Å². The molecule has 0 aliphatic carbocycles. The van der Waals surface area contributed by atoms with Crippen LogP contribution in [0.4, 0.5) is 10.2 Å². The molecule has 1 heterocycles. The van der Waals surface area contributed by atoms with Crippen LogP contribution in [-0.2, 0) is 6.42 Å². The molecule has 5 heteroatoms. The monoisotopic (exact) mass is 309 g/mol. The maximum absolute atomic E-state index is 13.3. The van der Waals surface area contributed by atoms with E-state index in [1.54, 1.807) is 6.07 Å². The van der Waals surface area contributed by atoms with Gasteiger partial charge in [-0.1, -0.05) is 22.9 Å². The highest BCUT2D eigenvalue weighted by atomic mass is 79.9. The zero-order valence-electron chi connectivity index (χ0n) is 10.2. The van der Waals surface area contributed by atoms with Crippen molar-refractivity contribution in [2.75, 3.05) is 5.73 Å². The number of anilines is 1. The van der Waals surface area contributed by atoms with E-state index in [-0.39, 0.29) is 5.82 Å². The number of nitrogens with two attached hydrogens (primary N) is 1. The average Bonchev–Trinajstić information content (AvgIpc) is 2.35. The summed E-state index contributed by atoms with van der Waals surface area (Å²) in [6, 6.07) is 4.41. The van der Waals surface area contributed by atoms with Gasteiger partial charge in [0.25, 0.3) is 0 Å². The van der Waals surface area contributed by atoms with Gasteiger partial charge in [0.2, 0.25) is 0 Å². The molecule has 0 spiro atoms. The molecule has 0 radical (unpaired) electrons. The highest BCUT2D eigenvalue weighted by molar-refractivity contribution is 9.10. The Bertz CT molecular complexity index is 599. The van der Waals surface area contributed by atoms with Crippen LogP contribution in [0, 0.1) is 12.7 Å². The summed E-state index contributed by atoms with van der Waals surface area (Å²) >= 11 is 3.37. The number of hydrogen-bond acceptors (Lipinski definition) is 3. The lowest BCUT2D eigenvalue weighted by atomic mass is 10.1. The van der Waals surface area contributed by atoms with E-state index in [1.807, 2.05) is 13.8 Å². The molecule has 0 saturated carbocycles. The molecule has 2 aromatic rings. The molecule has 3 nitrogen and oxygen atoms in total. The summed E-state index contributed by atoms with van der Waals surface area (Å²) in [5, 5.41) is 0. The molecule has 1 aromatic heterocycles. The number of hydrogen-bond donors (Lipinski definition) is 1. The van der Waals surface area contributed by atoms with E-state index in [0.29, 0.717) is 17.2 Å². The van der Waals surface area contributed by atoms with E-state index in [0.717, 1.165) is 22.2 Å². The summed E-state index contributed by atoms with van der Waals surface area (Å²) in [6.45, 7) is 3.89. The van der Waals surface area contributed by atoms with Crippen LogP contribution in [0.3, 0.4) is 0 Å². The Morgan fingerprint density at radius 3 is 2.72 bits per heavy atom. The van der Waals surface area contributed by atoms with Crippen LogP contribution >= 0.6 is 15.9 Å². The van der Waals surface area contributed by atoms with E-state index in [4.69, 9.17) is 5.73 Å². The smallest absolute Gasteiger partial charge is 0.163 e. The standard InChI is InChI=1S/C13H13BrFN3/c1-3-11-7(2)12(16)18-13(17-11)9-6-8(15)4-5-10(9)14/h4-6H,3H2,1-2H3,(H2,16,17,18). The Kier molecular flexibility index (Phi) is 3.61. The van der Waals surface area contributed by atoms with Crippen molar-refractivity contribution >= 4 is 21.7 Å². The molecule has 2 rings (SSSR count). The molecular formula is C13H13BrFN3. The van der Waals surface area contributed by atoms with Gasteiger partial charge in [0.05, 0.1) is 0 Å². The molecule has 0 aliphatic heterocycles. The third kappa shape index (κ3) is 2.36. The van der Waals surface area contributed by atoms with Crippen LogP contribution in [0.2, 0.25) is 0 Å². The number of rotatable bonds is 2. The predicted octanol–water partition coefficient (Wildman–Crippen LogP) is 3.50. The molecule has 2 N–H and O–H groups in total. The second kappa shape index (κ2) is 5.02. The summed E-state index contributed by atoms with van der Waals surface area (Å²) in [5.74, 6) is 0.559. The predicted molar refractivity (Wildman–Crippen MR) is 73.7 cm³/mol. The quantitative estimate of drug-likeness (QED) is 0.923. The lowest BCUT2D eigenvalue weighted by Crippen LogP contribution is -2.04. The molecule has 1 aromatic carbocycles. The van der Waals surface area contributed by atoms with Crippen LogP contribution in [-0.4, -0.2) is 9.97 Å². The minimum Gasteiger partial charge on any atom is -0.383 e. The van der Waals surface area contributed by atoms with Gasteiger partial charge in [0.1, 0.15) is 11.6 Å². The number of benzene rings is 1. The molecule has 0 aliphatic rings. The van der Waals surface area contributed by atoms with Gasteiger partial charge < -0.3 is 5.73 Å². The fraction of sp³-hybridized carbons (Fsp3) is 0.231. The lowest BCUT2D eigenvalue weighted by molar-refractivity contribution is 0.628. The van der Waals surface area contributed by atoms with E-state index < -0.39 is 0 Å². The first kappa shape index (κ1) is 13.0. The SMILES string of the molecule is CCc1nc(-c2cc(F)ccc2Br)nc(N)c1C. The first-order chi connectivity index (χ1) is 8.52. The second-order valence-electron chi connectivity index (χ2n) is 3.98. The van der Waals surface area contributed by atoms with Crippen LogP contribution in [0.25, 0.3) is 11.4 Å². The van der Waals surface area contributed by atoms with Crippen molar-refractivity contribution in [3.05, 3.63) is 39.7 Å². The molecule has 0 saturated heterocycles. The largest absolute Gasteiger partial charge is 0.383 e. The van der Waals surface area contributed by atoms with Crippen molar-refractivity contribution in [3.63, 3.8) is 0 Å². The Morgan fingerprint density at radius 1 is 1.33 bits per heavy atom. The molecular weight excluding hydrogens is 297 g/mol. The second-order valence-corrected chi connectivity index (χ2v) is 4.84. The number of nitrogens with zero attached hydrogens (tertiary/aromatic N) is 2. The maximum Gasteiger partial charge on any atom is 0.163 e. The van der Waals surface area contributed by atoms with Crippen LogP contribution < -0.4 is 5.73 Å². The van der Waals surface area contributed by atoms with Gasteiger partial charge in [0.15, 0.2) is 5.82 Å². The Morgan fingerprint density at radius 2 is 2.06 bits per heavy atom. The Labute approximate surface area is 113 Å². The zero-order valence-corrected chi connectivity index (χ0v) is 11.8. The number of aryl methyl sites for hydroxylation is 1. The molecule has 0 fully saturated rings. The summed E-state index contributed by atoms with van der Waals surface area (Å²) in [6.07, 6.45) is 0.762. The maximum atomic E-state index is 13.3. The highest BCUT2D eigenvalue weighted by Crippen LogP contribution is 2.28. The van der Waals surface area contributed by atoms with Gasteiger partial charge in [-0.15, -0.1) is 0 Å². The van der Waals surface area contributed by atoms with Gasteiger partial charge in [-0.25, -0.2) is 14.4 Å². The highest BCUT2D eigenvalue weighted by Gasteiger charge is 2.12. The van der Waals surface area contributed by atoms with E-state index >= 15 is 0 Å². The molecule has 0 unspecified atom stereocenters. The lowest BCUT2D eigenvalue weighted by Gasteiger charge is -2.09. The fourth-order valence-corrected chi connectivity index (χ4v) is 2.14. The molecule has 0 bridgehead atoms. The van der Waals surface area contributed by atoms with Gasteiger partial charge in [0, 0.05) is 21.3 Å². The van der Waals surface area contributed by atoms with Crippen LogP contribution in [0.15, 0.2) is 22.7 Å². The third-order valence-electron chi connectivity index (χ3n) is 2.79. The first-order valence-corrected chi connectivity index (χ1v) is 6.40. The summed E-state index contributed by atoms with van der Waals surface area (Å²) in [4.78, 5) is 8.66. The topological polar surface area (TPSA) is 51.8 Å². The van der Waals surface area contributed by atoms with Crippen molar-refractivity contribution < 1.29 is 4.39 Å².